The average molecular weight is 488 g/mol. The van der Waals surface area contributed by atoms with Crippen LogP contribution in [0.25, 0.3) is 11.3 Å². The third kappa shape index (κ3) is 4.55. The summed E-state index contributed by atoms with van der Waals surface area (Å²) >= 11 is 0. The summed E-state index contributed by atoms with van der Waals surface area (Å²) < 4.78 is 5.38. The Morgan fingerprint density at radius 3 is 2.36 bits per heavy atom. The fourth-order valence-electron chi connectivity index (χ4n) is 5.71. The summed E-state index contributed by atoms with van der Waals surface area (Å²) in [6, 6.07) is 20.7. The molecule has 3 aromatic rings. The smallest absolute Gasteiger partial charge is 0.292 e. The van der Waals surface area contributed by atoms with Crippen molar-refractivity contribution in [3.63, 3.8) is 0 Å². The summed E-state index contributed by atoms with van der Waals surface area (Å²) in [5.74, 6) is 0.345. The van der Waals surface area contributed by atoms with E-state index < -0.39 is 11.5 Å². The zero-order chi connectivity index (χ0) is 25.3. The number of aliphatic hydroxyl groups excluding tert-OH is 1. The van der Waals surface area contributed by atoms with Gasteiger partial charge in [-0.05, 0) is 30.7 Å². The summed E-state index contributed by atoms with van der Waals surface area (Å²) in [6.07, 6.45) is 0.783. The van der Waals surface area contributed by atoms with Crippen molar-refractivity contribution in [3.05, 3.63) is 78.1 Å². The minimum absolute atomic E-state index is 0.0912. The van der Waals surface area contributed by atoms with Crippen LogP contribution in [0.3, 0.4) is 0 Å². The number of benzene rings is 2. The van der Waals surface area contributed by atoms with Crippen LogP contribution >= 0.6 is 0 Å². The molecule has 36 heavy (non-hydrogen) atoms. The van der Waals surface area contributed by atoms with Gasteiger partial charge in [0, 0.05) is 31.3 Å². The minimum Gasteiger partial charge on any atom is -0.391 e. The molecule has 2 amide bonds. The first-order chi connectivity index (χ1) is 17.4. The van der Waals surface area contributed by atoms with E-state index in [4.69, 9.17) is 4.52 Å². The first kappa shape index (κ1) is 24.3. The van der Waals surface area contributed by atoms with Crippen LogP contribution in [0, 0.1) is 11.3 Å². The molecule has 2 fully saturated rings. The normalized spacial score (nSPS) is 21.8. The van der Waals surface area contributed by atoms with E-state index in [0.29, 0.717) is 44.6 Å². The van der Waals surface area contributed by atoms with Crippen LogP contribution in [0.2, 0.25) is 0 Å². The highest BCUT2D eigenvalue weighted by molar-refractivity contribution is 5.93. The maximum absolute atomic E-state index is 14.0. The highest BCUT2D eigenvalue weighted by atomic mass is 16.5. The molecule has 2 saturated heterocycles. The molecule has 0 unspecified atom stereocenters. The second kappa shape index (κ2) is 9.90. The average Bonchev–Trinajstić information content (AvgIpc) is 3.39. The number of amides is 2. The molecule has 5 rings (SSSR count). The Kier molecular flexibility index (Phi) is 6.67. The van der Waals surface area contributed by atoms with Gasteiger partial charge in [0.05, 0.1) is 17.6 Å². The van der Waals surface area contributed by atoms with Crippen molar-refractivity contribution < 1.29 is 19.2 Å². The van der Waals surface area contributed by atoms with E-state index >= 15 is 0 Å². The molecule has 1 aromatic heterocycles. The van der Waals surface area contributed by atoms with E-state index in [2.05, 4.69) is 19.0 Å². The number of rotatable bonds is 5. The monoisotopic (exact) mass is 487 g/mol. The van der Waals surface area contributed by atoms with E-state index in [1.165, 1.54) is 0 Å². The van der Waals surface area contributed by atoms with Gasteiger partial charge in [0.15, 0.2) is 0 Å². The fourth-order valence-corrected chi connectivity index (χ4v) is 5.71. The largest absolute Gasteiger partial charge is 0.391 e. The Balaban J connectivity index is 1.31. The Labute approximate surface area is 211 Å². The van der Waals surface area contributed by atoms with E-state index in [0.717, 1.165) is 11.1 Å². The Morgan fingerprint density at radius 2 is 1.72 bits per heavy atom. The lowest BCUT2D eigenvalue weighted by molar-refractivity contribution is -0.164. The van der Waals surface area contributed by atoms with E-state index in [-0.39, 0.29) is 29.5 Å². The number of aromatic nitrogens is 1. The topological polar surface area (TPSA) is 86.9 Å². The van der Waals surface area contributed by atoms with Gasteiger partial charge in [0.25, 0.3) is 5.91 Å². The van der Waals surface area contributed by atoms with Crippen molar-refractivity contribution in [2.24, 2.45) is 11.3 Å². The van der Waals surface area contributed by atoms with Gasteiger partial charge in [0.1, 0.15) is 5.69 Å². The van der Waals surface area contributed by atoms with Gasteiger partial charge in [-0.1, -0.05) is 79.7 Å². The second-order valence-corrected chi connectivity index (χ2v) is 10.5. The third-order valence-corrected chi connectivity index (χ3v) is 7.52. The number of aliphatic hydroxyl groups is 1. The molecule has 0 radical (unpaired) electrons. The SMILES string of the molecule is CC(C)CN1C(=O)C2(CCN(C(=O)c3cc(-c4ccccc4)no3)CC2)C[C@@H](O)[C@@H]1c1ccccc1. The van der Waals surface area contributed by atoms with Crippen LogP contribution in [0.1, 0.15) is 55.3 Å². The van der Waals surface area contributed by atoms with Gasteiger partial charge < -0.3 is 19.4 Å². The molecule has 0 aliphatic carbocycles. The predicted octanol–water partition coefficient (Wildman–Crippen LogP) is 4.55. The Morgan fingerprint density at radius 1 is 1.08 bits per heavy atom. The molecule has 2 aliphatic heterocycles. The Bertz CT molecular complexity index is 1200. The maximum Gasteiger partial charge on any atom is 0.292 e. The maximum atomic E-state index is 14.0. The highest BCUT2D eigenvalue weighted by Gasteiger charge is 2.52. The van der Waals surface area contributed by atoms with Crippen LogP contribution in [0.15, 0.2) is 71.3 Å². The first-order valence-corrected chi connectivity index (χ1v) is 12.7. The van der Waals surface area contributed by atoms with Crippen molar-refractivity contribution in [1.82, 2.24) is 15.0 Å². The van der Waals surface area contributed by atoms with Crippen LogP contribution in [-0.2, 0) is 4.79 Å². The fraction of sp³-hybridized carbons (Fsp3) is 0.414. The number of nitrogens with zero attached hydrogens (tertiary/aromatic N) is 3. The lowest BCUT2D eigenvalue weighted by atomic mass is 9.68. The van der Waals surface area contributed by atoms with Crippen molar-refractivity contribution in [2.75, 3.05) is 19.6 Å². The molecule has 2 atom stereocenters. The lowest BCUT2D eigenvalue weighted by Gasteiger charge is -2.51. The summed E-state index contributed by atoms with van der Waals surface area (Å²) in [5.41, 5.74) is 1.81. The number of carbonyl (C=O) groups excluding carboxylic acids is 2. The van der Waals surface area contributed by atoms with Crippen molar-refractivity contribution in [2.45, 2.75) is 45.3 Å². The molecule has 0 saturated carbocycles. The van der Waals surface area contributed by atoms with E-state index in [1.807, 2.05) is 65.6 Å². The number of hydrogen-bond acceptors (Lipinski definition) is 5. The van der Waals surface area contributed by atoms with Crippen LogP contribution < -0.4 is 0 Å². The van der Waals surface area contributed by atoms with Crippen molar-refractivity contribution >= 4 is 11.8 Å². The molecule has 2 aliphatic rings. The molecule has 2 aromatic carbocycles. The number of likely N-dealkylation sites (tertiary alicyclic amines) is 2. The van der Waals surface area contributed by atoms with E-state index in [1.54, 1.807) is 11.0 Å². The van der Waals surface area contributed by atoms with Gasteiger partial charge in [0.2, 0.25) is 11.7 Å². The molecule has 1 N–H and O–H groups in total. The Hall–Kier alpha value is -3.45. The standard InChI is InChI=1S/C29H33N3O4/c1-20(2)19-32-26(22-11-7-4-8-12-22)24(33)18-29(28(32)35)13-15-31(16-14-29)27(34)25-17-23(30-36-25)21-9-5-3-6-10-21/h3-12,17,20,24,26,33H,13-16,18-19H2,1-2H3/t24-,26+/m1/s1. The third-order valence-electron chi connectivity index (χ3n) is 7.52. The van der Waals surface area contributed by atoms with Gasteiger partial charge in [-0.2, -0.15) is 0 Å². The van der Waals surface area contributed by atoms with Crippen LogP contribution in [0.5, 0.6) is 0 Å². The number of carbonyl (C=O) groups is 2. The molecule has 1 spiro atoms. The molecule has 7 heteroatoms. The van der Waals surface area contributed by atoms with Crippen molar-refractivity contribution in [1.29, 1.82) is 0 Å². The molecular weight excluding hydrogens is 454 g/mol. The summed E-state index contributed by atoms with van der Waals surface area (Å²) in [5, 5.41) is 15.4. The first-order valence-electron chi connectivity index (χ1n) is 12.7. The zero-order valence-electron chi connectivity index (χ0n) is 20.8. The number of piperidine rings is 2. The lowest BCUT2D eigenvalue weighted by Crippen LogP contribution is -2.59. The summed E-state index contributed by atoms with van der Waals surface area (Å²) in [7, 11) is 0. The van der Waals surface area contributed by atoms with Crippen LogP contribution in [-0.4, -0.2) is 57.6 Å². The predicted molar refractivity (Wildman–Crippen MR) is 136 cm³/mol. The van der Waals surface area contributed by atoms with Gasteiger partial charge in [-0.3, -0.25) is 9.59 Å². The van der Waals surface area contributed by atoms with Gasteiger partial charge in [-0.15, -0.1) is 0 Å². The zero-order valence-corrected chi connectivity index (χ0v) is 20.8. The highest BCUT2D eigenvalue weighted by Crippen LogP contribution is 2.47. The minimum atomic E-state index is -0.660. The van der Waals surface area contributed by atoms with Gasteiger partial charge >= 0.3 is 0 Å². The number of hydrogen-bond donors (Lipinski definition) is 1. The second-order valence-electron chi connectivity index (χ2n) is 10.5. The molecule has 3 heterocycles. The van der Waals surface area contributed by atoms with E-state index in [9.17, 15) is 14.7 Å². The molecule has 7 nitrogen and oxygen atoms in total. The molecular formula is C29H33N3O4. The summed E-state index contributed by atoms with van der Waals surface area (Å²) in [4.78, 5) is 30.7. The van der Waals surface area contributed by atoms with Crippen molar-refractivity contribution in [3.8, 4) is 11.3 Å². The molecule has 188 valence electrons. The van der Waals surface area contributed by atoms with Crippen LogP contribution in [0.4, 0.5) is 0 Å². The quantitative estimate of drug-likeness (QED) is 0.570. The van der Waals surface area contributed by atoms with Gasteiger partial charge in [-0.25, -0.2) is 0 Å². The summed E-state index contributed by atoms with van der Waals surface area (Å²) in [6.45, 7) is 5.63. The molecule has 0 bridgehead atoms.